The van der Waals surface area contributed by atoms with E-state index < -0.39 is 0 Å². The number of hydrogen-bond acceptors (Lipinski definition) is 4. The lowest BCUT2D eigenvalue weighted by atomic mass is 9.98. The zero-order chi connectivity index (χ0) is 16.9. The van der Waals surface area contributed by atoms with Crippen molar-refractivity contribution in [1.82, 2.24) is 10.9 Å². The van der Waals surface area contributed by atoms with Crippen LogP contribution in [0.5, 0.6) is 5.75 Å². The fourth-order valence-corrected chi connectivity index (χ4v) is 3.11. The molecular weight excluding hydrogens is 298 g/mol. The SMILES string of the molecule is CCC(C)c1ccccc1OCC1CC(c2ccc(N)cc2)NN1. The van der Waals surface area contributed by atoms with Gasteiger partial charge in [0.15, 0.2) is 0 Å². The molecule has 1 saturated heterocycles. The Bertz CT molecular complexity index is 656. The van der Waals surface area contributed by atoms with Crippen LogP contribution in [0.1, 0.15) is 49.8 Å². The lowest BCUT2D eigenvalue weighted by Gasteiger charge is -2.17. The fourth-order valence-electron chi connectivity index (χ4n) is 3.11. The van der Waals surface area contributed by atoms with Crippen molar-refractivity contribution in [1.29, 1.82) is 0 Å². The highest BCUT2D eigenvalue weighted by molar-refractivity contribution is 5.40. The third kappa shape index (κ3) is 3.89. The van der Waals surface area contributed by atoms with Crippen molar-refractivity contribution in [2.45, 2.75) is 44.7 Å². The normalized spacial score (nSPS) is 21.6. The maximum absolute atomic E-state index is 6.12. The predicted octanol–water partition coefficient (Wildman–Crippen LogP) is 3.77. The third-order valence-electron chi connectivity index (χ3n) is 4.82. The van der Waals surface area contributed by atoms with Crippen LogP contribution < -0.4 is 21.3 Å². The molecule has 2 aromatic carbocycles. The molecule has 0 radical (unpaired) electrons. The van der Waals surface area contributed by atoms with Crippen LogP contribution in [0.25, 0.3) is 0 Å². The topological polar surface area (TPSA) is 59.3 Å². The van der Waals surface area contributed by atoms with E-state index in [4.69, 9.17) is 10.5 Å². The molecule has 3 unspecified atom stereocenters. The Morgan fingerprint density at radius 3 is 2.62 bits per heavy atom. The summed E-state index contributed by atoms with van der Waals surface area (Å²) in [6.07, 6.45) is 2.11. The Hall–Kier alpha value is -2.04. The summed E-state index contributed by atoms with van der Waals surface area (Å²) < 4.78 is 6.12. The number of nitrogen functional groups attached to an aromatic ring is 1. The van der Waals surface area contributed by atoms with Gasteiger partial charge < -0.3 is 10.5 Å². The molecule has 0 amide bonds. The van der Waals surface area contributed by atoms with Crippen LogP contribution in [0.15, 0.2) is 48.5 Å². The summed E-state index contributed by atoms with van der Waals surface area (Å²) in [5.41, 5.74) is 15.8. The summed E-state index contributed by atoms with van der Waals surface area (Å²) in [7, 11) is 0. The molecular formula is C20H27N3O. The summed E-state index contributed by atoms with van der Waals surface area (Å²) in [5.74, 6) is 1.52. The van der Waals surface area contributed by atoms with Gasteiger partial charge in [-0.2, -0.15) is 0 Å². The predicted molar refractivity (Wildman–Crippen MR) is 98.9 cm³/mol. The van der Waals surface area contributed by atoms with E-state index in [-0.39, 0.29) is 6.04 Å². The first-order chi connectivity index (χ1) is 11.7. The van der Waals surface area contributed by atoms with Crippen LogP contribution in [0.4, 0.5) is 5.69 Å². The second kappa shape index (κ2) is 7.69. The third-order valence-corrected chi connectivity index (χ3v) is 4.82. The minimum Gasteiger partial charge on any atom is -0.492 e. The molecule has 4 nitrogen and oxygen atoms in total. The van der Waals surface area contributed by atoms with Crippen LogP contribution in [0, 0.1) is 0 Å². The van der Waals surface area contributed by atoms with E-state index in [1.807, 2.05) is 18.2 Å². The van der Waals surface area contributed by atoms with Crippen molar-refractivity contribution < 1.29 is 4.74 Å². The number of ether oxygens (including phenoxy) is 1. The summed E-state index contributed by atoms with van der Waals surface area (Å²) in [6, 6.07) is 17.0. The second-order valence-electron chi connectivity index (χ2n) is 6.60. The molecule has 128 valence electrons. The Labute approximate surface area is 144 Å². The maximum atomic E-state index is 6.12. The van der Waals surface area contributed by atoms with Gasteiger partial charge in [0.25, 0.3) is 0 Å². The van der Waals surface area contributed by atoms with Crippen LogP contribution in [0.3, 0.4) is 0 Å². The number of hydrazine groups is 1. The van der Waals surface area contributed by atoms with Crippen LogP contribution in [-0.4, -0.2) is 12.6 Å². The first-order valence-corrected chi connectivity index (χ1v) is 8.75. The van der Waals surface area contributed by atoms with Crippen molar-refractivity contribution in [2.75, 3.05) is 12.3 Å². The van der Waals surface area contributed by atoms with Crippen molar-refractivity contribution in [3.05, 3.63) is 59.7 Å². The summed E-state index contributed by atoms with van der Waals surface area (Å²) in [5, 5.41) is 0. The molecule has 0 bridgehead atoms. The maximum Gasteiger partial charge on any atom is 0.122 e. The van der Waals surface area contributed by atoms with Gasteiger partial charge in [0.1, 0.15) is 12.4 Å². The quantitative estimate of drug-likeness (QED) is 0.708. The van der Waals surface area contributed by atoms with E-state index in [1.54, 1.807) is 0 Å². The first kappa shape index (κ1) is 16.8. The van der Waals surface area contributed by atoms with Gasteiger partial charge in [-0.25, -0.2) is 5.43 Å². The number of benzene rings is 2. The highest BCUT2D eigenvalue weighted by Crippen LogP contribution is 2.29. The number of nitrogens with two attached hydrogens (primary N) is 1. The van der Waals surface area contributed by atoms with Crippen LogP contribution in [0.2, 0.25) is 0 Å². The van der Waals surface area contributed by atoms with E-state index in [2.05, 4.69) is 55.0 Å². The van der Waals surface area contributed by atoms with E-state index in [0.29, 0.717) is 18.6 Å². The second-order valence-corrected chi connectivity index (χ2v) is 6.60. The summed E-state index contributed by atoms with van der Waals surface area (Å²) in [4.78, 5) is 0. The van der Waals surface area contributed by atoms with Crippen molar-refractivity contribution in [3.63, 3.8) is 0 Å². The number of rotatable bonds is 6. The van der Waals surface area contributed by atoms with Crippen molar-refractivity contribution in [3.8, 4) is 5.75 Å². The van der Waals surface area contributed by atoms with Crippen molar-refractivity contribution >= 4 is 5.69 Å². The molecule has 4 N–H and O–H groups in total. The van der Waals surface area contributed by atoms with E-state index in [1.165, 1.54) is 11.1 Å². The molecule has 0 aliphatic carbocycles. The Balaban J connectivity index is 1.58. The summed E-state index contributed by atoms with van der Waals surface area (Å²) in [6.45, 7) is 5.11. The van der Waals surface area contributed by atoms with Gasteiger partial charge in [-0.05, 0) is 48.1 Å². The molecule has 0 aromatic heterocycles. The first-order valence-electron chi connectivity index (χ1n) is 8.75. The molecule has 1 aliphatic heterocycles. The standard InChI is InChI=1S/C20H27N3O/c1-3-14(2)18-6-4-5-7-20(18)24-13-17-12-19(23-22-17)15-8-10-16(21)11-9-15/h4-11,14,17,19,22-23H,3,12-13,21H2,1-2H3. The number of hydrogen-bond donors (Lipinski definition) is 3. The smallest absolute Gasteiger partial charge is 0.122 e. The fraction of sp³-hybridized carbons (Fsp3) is 0.400. The Morgan fingerprint density at radius 1 is 1.12 bits per heavy atom. The minimum absolute atomic E-state index is 0.289. The lowest BCUT2D eigenvalue weighted by molar-refractivity contribution is 0.269. The highest BCUT2D eigenvalue weighted by Gasteiger charge is 2.25. The number of anilines is 1. The Kier molecular flexibility index (Phi) is 5.38. The molecule has 3 rings (SSSR count). The van der Waals surface area contributed by atoms with Crippen LogP contribution >= 0.6 is 0 Å². The number of para-hydroxylation sites is 1. The zero-order valence-corrected chi connectivity index (χ0v) is 14.5. The molecule has 0 spiro atoms. The lowest BCUT2D eigenvalue weighted by Crippen LogP contribution is -2.34. The van der Waals surface area contributed by atoms with Gasteiger partial charge in [-0.1, -0.05) is 44.2 Å². The van der Waals surface area contributed by atoms with E-state index in [0.717, 1.165) is 24.3 Å². The van der Waals surface area contributed by atoms with Crippen LogP contribution in [-0.2, 0) is 0 Å². The number of nitrogens with one attached hydrogen (secondary N) is 2. The summed E-state index contributed by atoms with van der Waals surface area (Å²) >= 11 is 0. The Morgan fingerprint density at radius 2 is 1.88 bits per heavy atom. The molecule has 24 heavy (non-hydrogen) atoms. The minimum atomic E-state index is 0.289. The monoisotopic (exact) mass is 325 g/mol. The van der Waals surface area contributed by atoms with Gasteiger partial charge in [-0.3, -0.25) is 5.43 Å². The zero-order valence-electron chi connectivity index (χ0n) is 14.5. The van der Waals surface area contributed by atoms with Gasteiger partial charge in [0, 0.05) is 11.7 Å². The molecule has 1 fully saturated rings. The molecule has 4 heteroatoms. The van der Waals surface area contributed by atoms with Gasteiger partial charge in [-0.15, -0.1) is 0 Å². The average Bonchev–Trinajstić information content (AvgIpc) is 3.09. The van der Waals surface area contributed by atoms with E-state index >= 15 is 0 Å². The van der Waals surface area contributed by atoms with E-state index in [9.17, 15) is 0 Å². The molecule has 1 aliphatic rings. The highest BCUT2D eigenvalue weighted by atomic mass is 16.5. The molecule has 0 saturated carbocycles. The molecule has 1 heterocycles. The molecule has 2 aromatic rings. The molecule has 3 atom stereocenters. The van der Waals surface area contributed by atoms with Crippen molar-refractivity contribution in [2.24, 2.45) is 0 Å². The largest absolute Gasteiger partial charge is 0.492 e. The average molecular weight is 325 g/mol. The van der Waals surface area contributed by atoms with Gasteiger partial charge in [0.2, 0.25) is 0 Å². The van der Waals surface area contributed by atoms with Gasteiger partial charge in [0.05, 0.1) is 6.04 Å². The van der Waals surface area contributed by atoms with Gasteiger partial charge >= 0.3 is 0 Å².